The molecule has 3 heterocycles. The Morgan fingerprint density at radius 2 is 2.08 bits per heavy atom. The van der Waals surface area contributed by atoms with Gasteiger partial charge in [-0.2, -0.15) is 5.10 Å². The van der Waals surface area contributed by atoms with Crippen LogP contribution in [0.4, 0.5) is 5.82 Å². The molecule has 1 aliphatic heterocycles. The van der Waals surface area contributed by atoms with Crippen LogP contribution in [0.3, 0.4) is 0 Å². The average molecular weight is 339 g/mol. The standard InChI is InChI=1S/C17H17N5OS/c1-11-13(8-19-21(11)2)16-15-17(20-14(23)9-24-16)18-10-22(15)12-6-4-3-5-7-12/h3-8,10,16H,9H2,1-2H3,(H,20,23)/t16-/m0/s1. The van der Waals surface area contributed by atoms with E-state index in [2.05, 4.69) is 15.4 Å². The van der Waals surface area contributed by atoms with Crippen LogP contribution in [-0.2, 0) is 11.8 Å². The lowest BCUT2D eigenvalue weighted by Crippen LogP contribution is -2.12. The van der Waals surface area contributed by atoms with Crippen molar-refractivity contribution < 1.29 is 4.79 Å². The minimum Gasteiger partial charge on any atom is -0.308 e. The molecule has 6 nitrogen and oxygen atoms in total. The molecule has 1 amide bonds. The third-order valence-corrected chi connectivity index (χ3v) is 5.52. The summed E-state index contributed by atoms with van der Waals surface area (Å²) in [5, 5.41) is 7.28. The van der Waals surface area contributed by atoms with Crippen LogP contribution in [-0.4, -0.2) is 31.0 Å². The van der Waals surface area contributed by atoms with Crippen molar-refractivity contribution in [1.82, 2.24) is 19.3 Å². The van der Waals surface area contributed by atoms with E-state index in [0.717, 1.165) is 22.6 Å². The maximum atomic E-state index is 12.1. The summed E-state index contributed by atoms with van der Waals surface area (Å²) >= 11 is 1.60. The van der Waals surface area contributed by atoms with E-state index in [1.165, 1.54) is 0 Å². The van der Waals surface area contributed by atoms with Crippen molar-refractivity contribution in [1.29, 1.82) is 0 Å². The quantitative estimate of drug-likeness (QED) is 0.780. The van der Waals surface area contributed by atoms with Gasteiger partial charge in [0.1, 0.15) is 6.33 Å². The van der Waals surface area contributed by atoms with Crippen LogP contribution in [0.5, 0.6) is 0 Å². The Bertz CT molecular complexity index is 899. The molecular formula is C17H17N5OS. The summed E-state index contributed by atoms with van der Waals surface area (Å²) in [6.45, 7) is 2.05. The van der Waals surface area contributed by atoms with E-state index in [4.69, 9.17) is 0 Å². The van der Waals surface area contributed by atoms with Gasteiger partial charge in [0.05, 0.1) is 22.9 Å². The predicted molar refractivity (Wildman–Crippen MR) is 94.4 cm³/mol. The summed E-state index contributed by atoms with van der Waals surface area (Å²) in [6, 6.07) is 10.0. The monoisotopic (exact) mass is 339 g/mol. The molecule has 1 aromatic carbocycles. The Morgan fingerprint density at radius 1 is 1.29 bits per heavy atom. The fraction of sp³-hybridized carbons (Fsp3) is 0.235. The second-order valence-corrected chi connectivity index (χ2v) is 6.83. The number of para-hydroxylation sites is 1. The van der Waals surface area contributed by atoms with E-state index in [9.17, 15) is 4.79 Å². The second-order valence-electron chi connectivity index (χ2n) is 5.73. The molecule has 24 heavy (non-hydrogen) atoms. The topological polar surface area (TPSA) is 64.7 Å². The Balaban J connectivity index is 1.91. The fourth-order valence-corrected chi connectivity index (χ4v) is 4.10. The van der Waals surface area contributed by atoms with Crippen molar-refractivity contribution in [3.05, 3.63) is 59.8 Å². The number of carbonyl (C=O) groups excluding carboxylic acids is 1. The van der Waals surface area contributed by atoms with Crippen LogP contribution in [0.15, 0.2) is 42.9 Å². The second kappa shape index (κ2) is 5.83. The predicted octanol–water partition coefficient (Wildman–Crippen LogP) is 2.69. The lowest BCUT2D eigenvalue weighted by Gasteiger charge is -2.17. The van der Waals surface area contributed by atoms with E-state index >= 15 is 0 Å². The molecule has 1 atom stereocenters. The lowest BCUT2D eigenvalue weighted by molar-refractivity contribution is -0.113. The zero-order chi connectivity index (χ0) is 16.7. The number of carbonyl (C=O) groups is 1. The minimum atomic E-state index is -0.0244. The van der Waals surface area contributed by atoms with Crippen LogP contribution in [0.1, 0.15) is 22.2 Å². The van der Waals surface area contributed by atoms with Gasteiger partial charge >= 0.3 is 0 Å². The summed E-state index contributed by atoms with van der Waals surface area (Å²) in [5.41, 5.74) is 4.20. The van der Waals surface area contributed by atoms with Gasteiger partial charge in [-0.1, -0.05) is 18.2 Å². The largest absolute Gasteiger partial charge is 0.308 e. The zero-order valence-electron chi connectivity index (χ0n) is 13.4. The van der Waals surface area contributed by atoms with Gasteiger partial charge in [0.2, 0.25) is 5.91 Å². The molecule has 1 aliphatic rings. The molecular weight excluding hydrogens is 322 g/mol. The first-order valence-corrected chi connectivity index (χ1v) is 8.72. The van der Waals surface area contributed by atoms with Crippen molar-refractivity contribution in [3.8, 4) is 5.69 Å². The maximum absolute atomic E-state index is 12.1. The normalized spacial score (nSPS) is 17.2. The third-order valence-electron chi connectivity index (χ3n) is 4.28. The molecule has 1 N–H and O–H groups in total. The minimum absolute atomic E-state index is 0.00430. The summed E-state index contributed by atoms with van der Waals surface area (Å²) in [6.07, 6.45) is 3.65. The van der Waals surface area contributed by atoms with E-state index in [1.54, 1.807) is 18.1 Å². The van der Waals surface area contributed by atoms with E-state index < -0.39 is 0 Å². The highest BCUT2D eigenvalue weighted by Crippen LogP contribution is 2.42. The molecule has 0 fully saturated rings. The Kier molecular flexibility index (Phi) is 3.65. The lowest BCUT2D eigenvalue weighted by atomic mass is 10.1. The molecule has 0 radical (unpaired) electrons. The van der Waals surface area contributed by atoms with Gasteiger partial charge in [0.25, 0.3) is 0 Å². The number of anilines is 1. The van der Waals surface area contributed by atoms with Crippen LogP contribution in [0.25, 0.3) is 5.69 Å². The first-order valence-electron chi connectivity index (χ1n) is 7.68. The number of thioether (sulfide) groups is 1. The Labute approximate surface area is 143 Å². The fourth-order valence-electron chi connectivity index (χ4n) is 2.92. The Hall–Kier alpha value is -2.54. The van der Waals surface area contributed by atoms with Crippen molar-refractivity contribution in [3.63, 3.8) is 0 Å². The molecule has 0 bridgehead atoms. The summed E-state index contributed by atoms with van der Waals surface area (Å²) in [7, 11) is 1.93. The number of nitrogens with zero attached hydrogens (tertiary/aromatic N) is 4. The van der Waals surface area contributed by atoms with Gasteiger partial charge in [-0.05, 0) is 19.1 Å². The third kappa shape index (κ3) is 2.41. The molecule has 2 aromatic heterocycles. The molecule has 0 unspecified atom stereocenters. The maximum Gasteiger partial charge on any atom is 0.235 e. The van der Waals surface area contributed by atoms with Gasteiger partial charge in [-0.3, -0.25) is 14.0 Å². The van der Waals surface area contributed by atoms with Gasteiger partial charge in [0.15, 0.2) is 5.82 Å². The first kappa shape index (κ1) is 15.0. The molecule has 7 heteroatoms. The van der Waals surface area contributed by atoms with Gasteiger partial charge in [-0.25, -0.2) is 4.98 Å². The van der Waals surface area contributed by atoms with Crippen LogP contribution in [0, 0.1) is 6.92 Å². The first-order chi connectivity index (χ1) is 11.6. The number of hydrogen-bond acceptors (Lipinski definition) is 4. The van der Waals surface area contributed by atoms with Gasteiger partial charge in [-0.15, -0.1) is 11.8 Å². The highest BCUT2D eigenvalue weighted by atomic mass is 32.2. The highest BCUT2D eigenvalue weighted by Gasteiger charge is 2.31. The van der Waals surface area contributed by atoms with E-state index in [-0.39, 0.29) is 11.2 Å². The zero-order valence-corrected chi connectivity index (χ0v) is 14.2. The number of benzene rings is 1. The number of imidazole rings is 1. The van der Waals surface area contributed by atoms with E-state index in [0.29, 0.717) is 11.6 Å². The number of rotatable bonds is 2. The smallest absolute Gasteiger partial charge is 0.235 e. The Morgan fingerprint density at radius 3 is 2.79 bits per heavy atom. The molecule has 0 saturated heterocycles. The summed E-state index contributed by atoms with van der Waals surface area (Å²) < 4.78 is 3.91. The van der Waals surface area contributed by atoms with Crippen molar-refractivity contribution in [2.24, 2.45) is 7.05 Å². The molecule has 0 saturated carbocycles. The van der Waals surface area contributed by atoms with E-state index in [1.807, 2.05) is 59.7 Å². The number of nitrogens with one attached hydrogen (secondary N) is 1. The number of aromatic nitrogens is 4. The van der Waals surface area contributed by atoms with Crippen LogP contribution < -0.4 is 5.32 Å². The number of amides is 1. The van der Waals surface area contributed by atoms with Crippen LogP contribution >= 0.6 is 11.8 Å². The van der Waals surface area contributed by atoms with Crippen molar-refractivity contribution in [2.45, 2.75) is 12.2 Å². The average Bonchev–Trinajstić information content (AvgIpc) is 3.10. The number of hydrogen-bond donors (Lipinski definition) is 1. The number of aryl methyl sites for hydroxylation is 1. The van der Waals surface area contributed by atoms with Gasteiger partial charge in [0, 0.05) is 24.0 Å². The summed E-state index contributed by atoms with van der Waals surface area (Å²) in [4.78, 5) is 16.5. The SMILES string of the molecule is Cc1c([C@@H]2SCC(=O)Nc3ncn(-c4ccccc4)c32)cnn1C. The van der Waals surface area contributed by atoms with Crippen molar-refractivity contribution in [2.75, 3.05) is 11.1 Å². The molecule has 0 aliphatic carbocycles. The molecule has 122 valence electrons. The van der Waals surface area contributed by atoms with Crippen LogP contribution in [0.2, 0.25) is 0 Å². The van der Waals surface area contributed by atoms with Crippen molar-refractivity contribution >= 4 is 23.5 Å². The highest BCUT2D eigenvalue weighted by molar-refractivity contribution is 8.00. The molecule has 3 aromatic rings. The molecule has 0 spiro atoms. The number of fused-ring (bicyclic) bond motifs is 1. The van der Waals surface area contributed by atoms with Gasteiger partial charge < -0.3 is 5.32 Å². The molecule has 4 rings (SSSR count). The summed E-state index contributed by atoms with van der Waals surface area (Å²) in [5.74, 6) is 0.996.